The molecule has 2 N–H and O–H groups in total. The van der Waals surface area contributed by atoms with E-state index in [1.807, 2.05) is 0 Å². The average Bonchev–Trinajstić information content (AvgIpc) is 3.18. The first-order chi connectivity index (χ1) is 9.79. The lowest BCUT2D eigenvalue weighted by atomic mass is 9.85. The molecule has 0 aromatic carbocycles. The van der Waals surface area contributed by atoms with Crippen LogP contribution in [0.2, 0.25) is 0 Å². The SMILES string of the molecule is Cl.O=C(NCC1CC2CCC1C2)C1CC2CCCCC2N1. The molecule has 3 aliphatic carbocycles. The van der Waals surface area contributed by atoms with Crippen LogP contribution in [0.1, 0.15) is 57.8 Å². The predicted octanol–water partition coefficient (Wildman–Crippen LogP) is 2.88. The van der Waals surface area contributed by atoms with Gasteiger partial charge in [-0.05, 0) is 62.2 Å². The van der Waals surface area contributed by atoms with E-state index in [2.05, 4.69) is 10.6 Å². The lowest BCUT2D eigenvalue weighted by molar-refractivity contribution is -0.123. The minimum atomic E-state index is 0. The van der Waals surface area contributed by atoms with E-state index in [1.54, 1.807) is 0 Å². The third kappa shape index (κ3) is 3.10. The first-order valence-electron chi connectivity index (χ1n) is 8.83. The minimum Gasteiger partial charge on any atom is -0.354 e. The predicted molar refractivity (Wildman–Crippen MR) is 86.5 cm³/mol. The van der Waals surface area contributed by atoms with Gasteiger partial charge in [0.1, 0.15) is 0 Å². The molecule has 3 nitrogen and oxygen atoms in total. The highest BCUT2D eigenvalue weighted by atomic mass is 35.5. The number of fused-ring (bicyclic) bond motifs is 3. The summed E-state index contributed by atoms with van der Waals surface area (Å²) in [7, 11) is 0. The molecule has 4 rings (SSSR count). The largest absolute Gasteiger partial charge is 0.354 e. The van der Waals surface area contributed by atoms with Gasteiger partial charge in [0.2, 0.25) is 5.91 Å². The summed E-state index contributed by atoms with van der Waals surface area (Å²) in [5, 5.41) is 6.85. The molecule has 6 atom stereocenters. The maximum absolute atomic E-state index is 12.4. The summed E-state index contributed by atoms with van der Waals surface area (Å²) in [6.07, 6.45) is 12.1. The maximum atomic E-state index is 12.4. The van der Waals surface area contributed by atoms with Crippen molar-refractivity contribution >= 4 is 18.3 Å². The number of carbonyl (C=O) groups is 1. The Balaban J connectivity index is 0.00000132. The fourth-order valence-electron chi connectivity index (χ4n) is 5.50. The summed E-state index contributed by atoms with van der Waals surface area (Å²) in [4.78, 5) is 12.4. The number of carbonyl (C=O) groups excluding carboxylic acids is 1. The fraction of sp³-hybridized carbons (Fsp3) is 0.941. The lowest BCUT2D eigenvalue weighted by Crippen LogP contribution is -2.44. The number of hydrogen-bond donors (Lipinski definition) is 2. The molecule has 3 saturated carbocycles. The Labute approximate surface area is 134 Å². The van der Waals surface area contributed by atoms with Crippen LogP contribution in [0.5, 0.6) is 0 Å². The van der Waals surface area contributed by atoms with Gasteiger partial charge >= 0.3 is 0 Å². The van der Waals surface area contributed by atoms with Gasteiger partial charge in [0.25, 0.3) is 0 Å². The molecule has 2 bridgehead atoms. The molecule has 1 saturated heterocycles. The minimum absolute atomic E-state index is 0. The highest BCUT2D eigenvalue weighted by Gasteiger charge is 2.41. The first-order valence-corrected chi connectivity index (χ1v) is 8.83. The molecule has 1 heterocycles. The zero-order chi connectivity index (χ0) is 13.5. The van der Waals surface area contributed by atoms with E-state index in [4.69, 9.17) is 0 Å². The molecule has 4 heteroatoms. The lowest BCUT2D eigenvalue weighted by Gasteiger charge is -2.24. The van der Waals surface area contributed by atoms with E-state index in [0.717, 1.165) is 36.6 Å². The van der Waals surface area contributed by atoms with Crippen LogP contribution in [-0.4, -0.2) is 24.5 Å². The Kier molecular flexibility index (Phi) is 4.80. The number of amides is 1. The van der Waals surface area contributed by atoms with E-state index in [1.165, 1.54) is 51.4 Å². The van der Waals surface area contributed by atoms with Crippen LogP contribution in [0, 0.1) is 23.7 Å². The van der Waals surface area contributed by atoms with Gasteiger partial charge in [-0.3, -0.25) is 4.79 Å². The number of halogens is 1. The van der Waals surface area contributed by atoms with E-state index >= 15 is 0 Å². The summed E-state index contributed by atoms with van der Waals surface area (Å²) >= 11 is 0. The average molecular weight is 313 g/mol. The zero-order valence-corrected chi connectivity index (χ0v) is 13.7. The summed E-state index contributed by atoms with van der Waals surface area (Å²) in [6, 6.07) is 0.726. The molecule has 1 aliphatic heterocycles. The van der Waals surface area contributed by atoms with Crippen molar-refractivity contribution in [2.75, 3.05) is 6.54 Å². The van der Waals surface area contributed by atoms with Crippen LogP contribution in [0.3, 0.4) is 0 Å². The quantitative estimate of drug-likeness (QED) is 0.841. The zero-order valence-electron chi connectivity index (χ0n) is 12.9. The van der Waals surface area contributed by atoms with Crippen LogP contribution in [-0.2, 0) is 4.79 Å². The van der Waals surface area contributed by atoms with E-state index in [0.29, 0.717) is 6.04 Å². The molecule has 6 unspecified atom stereocenters. The molecular weight excluding hydrogens is 284 g/mol. The van der Waals surface area contributed by atoms with Crippen LogP contribution < -0.4 is 10.6 Å². The number of rotatable bonds is 3. The van der Waals surface area contributed by atoms with Crippen LogP contribution in [0.25, 0.3) is 0 Å². The molecule has 1 amide bonds. The molecular formula is C17H29ClN2O. The van der Waals surface area contributed by atoms with Crippen molar-refractivity contribution in [3.8, 4) is 0 Å². The third-order valence-corrected chi connectivity index (χ3v) is 6.60. The van der Waals surface area contributed by atoms with E-state index in [9.17, 15) is 4.79 Å². The van der Waals surface area contributed by atoms with Crippen molar-refractivity contribution in [2.45, 2.75) is 69.9 Å². The summed E-state index contributed by atoms with van der Waals surface area (Å²) < 4.78 is 0. The Bertz CT molecular complexity index is 375. The highest BCUT2D eigenvalue weighted by Crippen LogP contribution is 2.47. The molecule has 0 spiro atoms. The van der Waals surface area contributed by atoms with Crippen molar-refractivity contribution in [1.82, 2.24) is 10.6 Å². The van der Waals surface area contributed by atoms with Crippen molar-refractivity contribution in [1.29, 1.82) is 0 Å². The normalized spacial score (nSPS) is 44.2. The second-order valence-corrected chi connectivity index (χ2v) is 7.79. The van der Waals surface area contributed by atoms with Crippen molar-refractivity contribution < 1.29 is 4.79 Å². The van der Waals surface area contributed by atoms with Gasteiger partial charge in [0.05, 0.1) is 6.04 Å². The van der Waals surface area contributed by atoms with Crippen molar-refractivity contribution in [3.63, 3.8) is 0 Å². The highest BCUT2D eigenvalue weighted by molar-refractivity contribution is 5.85. The van der Waals surface area contributed by atoms with Crippen molar-refractivity contribution in [3.05, 3.63) is 0 Å². The molecule has 4 fully saturated rings. The van der Waals surface area contributed by atoms with E-state index in [-0.39, 0.29) is 24.4 Å². The van der Waals surface area contributed by atoms with Gasteiger partial charge < -0.3 is 10.6 Å². The number of hydrogen-bond acceptors (Lipinski definition) is 2. The summed E-state index contributed by atoms with van der Waals surface area (Å²) in [5.41, 5.74) is 0. The molecule has 120 valence electrons. The molecule has 0 aromatic heterocycles. The van der Waals surface area contributed by atoms with Crippen LogP contribution in [0.15, 0.2) is 0 Å². The monoisotopic (exact) mass is 312 g/mol. The van der Waals surface area contributed by atoms with Crippen molar-refractivity contribution in [2.24, 2.45) is 23.7 Å². The van der Waals surface area contributed by atoms with Gasteiger partial charge in [-0.15, -0.1) is 12.4 Å². The van der Waals surface area contributed by atoms with Gasteiger partial charge in [0.15, 0.2) is 0 Å². The maximum Gasteiger partial charge on any atom is 0.237 e. The Morgan fingerprint density at radius 2 is 1.86 bits per heavy atom. The first kappa shape index (κ1) is 15.6. The second kappa shape index (κ2) is 6.45. The Hall–Kier alpha value is -0.280. The third-order valence-electron chi connectivity index (χ3n) is 6.60. The smallest absolute Gasteiger partial charge is 0.237 e. The Morgan fingerprint density at radius 1 is 1.00 bits per heavy atom. The summed E-state index contributed by atoms with van der Waals surface area (Å²) in [6.45, 7) is 0.938. The van der Waals surface area contributed by atoms with Gasteiger partial charge in [-0.25, -0.2) is 0 Å². The molecule has 0 aromatic rings. The summed E-state index contributed by atoms with van der Waals surface area (Å²) in [5.74, 6) is 3.72. The molecule has 0 radical (unpaired) electrons. The fourth-order valence-corrected chi connectivity index (χ4v) is 5.50. The van der Waals surface area contributed by atoms with Gasteiger partial charge in [0, 0.05) is 12.6 Å². The Morgan fingerprint density at radius 3 is 2.57 bits per heavy atom. The van der Waals surface area contributed by atoms with Crippen LogP contribution >= 0.6 is 12.4 Å². The topological polar surface area (TPSA) is 41.1 Å². The standard InChI is InChI=1S/C17H28N2O.ClH/c20-17(16-9-13-3-1-2-4-15(13)19-16)18-10-14-8-11-5-6-12(14)7-11;/h11-16,19H,1-10H2,(H,18,20);1H. The van der Waals surface area contributed by atoms with Gasteiger partial charge in [-0.1, -0.05) is 19.3 Å². The molecule has 21 heavy (non-hydrogen) atoms. The van der Waals surface area contributed by atoms with Gasteiger partial charge in [-0.2, -0.15) is 0 Å². The number of nitrogens with one attached hydrogen (secondary N) is 2. The molecule has 4 aliphatic rings. The van der Waals surface area contributed by atoms with E-state index < -0.39 is 0 Å². The second-order valence-electron chi connectivity index (χ2n) is 7.79. The van der Waals surface area contributed by atoms with Crippen LogP contribution in [0.4, 0.5) is 0 Å².